The fourth-order valence-electron chi connectivity index (χ4n) is 1.71. The van der Waals surface area contributed by atoms with Crippen LogP contribution in [0.1, 0.15) is 6.92 Å². The molecule has 2 aromatic rings. The number of carbonyl (C=O) groups excluding carboxylic acids is 1. The number of rotatable bonds is 4. The van der Waals surface area contributed by atoms with E-state index in [-0.39, 0.29) is 18.5 Å². The van der Waals surface area contributed by atoms with E-state index in [0.717, 1.165) is 5.39 Å². The number of nitrogens with zero attached hydrogens (tertiary/aromatic N) is 1. The molecule has 0 fully saturated rings. The van der Waals surface area contributed by atoms with E-state index in [0.29, 0.717) is 16.3 Å². The van der Waals surface area contributed by atoms with Crippen LogP contribution in [0.5, 0.6) is 5.75 Å². The van der Waals surface area contributed by atoms with Gasteiger partial charge in [0.05, 0.1) is 18.1 Å². The number of fused-ring (bicyclic) bond motifs is 1. The zero-order valence-electron chi connectivity index (χ0n) is 10.7. The molecule has 0 aliphatic heterocycles. The average molecular weight is 280 g/mol. The second-order valence-corrected chi connectivity index (χ2v) is 4.59. The summed E-state index contributed by atoms with van der Waals surface area (Å²) >= 11 is 6.09. The molecule has 0 amide bonds. The number of ether oxygens (including phenoxy) is 2. The highest BCUT2D eigenvalue weighted by Gasteiger charge is 2.15. The number of pyridine rings is 1. The molecule has 1 aromatic carbocycles. The number of hydrogen-bond acceptors (Lipinski definition) is 4. The van der Waals surface area contributed by atoms with Crippen molar-refractivity contribution in [1.29, 1.82) is 0 Å². The highest BCUT2D eigenvalue weighted by molar-refractivity contribution is 6.35. The lowest BCUT2D eigenvalue weighted by atomic mass is 10.2. The number of carbonyl (C=O) groups is 1. The molecule has 0 spiro atoms. The van der Waals surface area contributed by atoms with E-state index < -0.39 is 0 Å². The Bertz CT molecular complexity index is 600. The molecule has 19 heavy (non-hydrogen) atoms. The fourth-order valence-corrected chi connectivity index (χ4v) is 1.93. The van der Waals surface area contributed by atoms with Crippen molar-refractivity contribution in [3.8, 4) is 5.75 Å². The molecular weight excluding hydrogens is 266 g/mol. The van der Waals surface area contributed by atoms with Crippen LogP contribution < -0.4 is 4.74 Å². The van der Waals surface area contributed by atoms with Crippen molar-refractivity contribution in [2.45, 2.75) is 6.92 Å². The van der Waals surface area contributed by atoms with Gasteiger partial charge in [-0.05, 0) is 31.2 Å². The molecule has 1 aromatic heterocycles. The number of methoxy groups -OCH3 is 1. The second-order valence-electron chi connectivity index (χ2n) is 4.18. The zero-order chi connectivity index (χ0) is 13.8. The maximum absolute atomic E-state index is 11.3. The maximum atomic E-state index is 11.3. The lowest BCUT2D eigenvalue weighted by Crippen LogP contribution is -2.20. The van der Waals surface area contributed by atoms with Crippen molar-refractivity contribution in [3.63, 3.8) is 0 Å². The topological polar surface area (TPSA) is 48.4 Å². The Kier molecular flexibility index (Phi) is 4.22. The van der Waals surface area contributed by atoms with Crippen molar-refractivity contribution in [3.05, 3.63) is 35.5 Å². The van der Waals surface area contributed by atoms with Crippen molar-refractivity contribution in [2.75, 3.05) is 13.7 Å². The van der Waals surface area contributed by atoms with Gasteiger partial charge < -0.3 is 9.47 Å². The minimum atomic E-state index is -0.334. The van der Waals surface area contributed by atoms with E-state index in [1.54, 1.807) is 25.3 Å². The molecule has 100 valence electrons. The van der Waals surface area contributed by atoms with Crippen LogP contribution in [0.2, 0.25) is 5.02 Å². The number of esters is 1. The third-order valence-electron chi connectivity index (χ3n) is 2.77. The van der Waals surface area contributed by atoms with Crippen molar-refractivity contribution >= 4 is 28.5 Å². The molecule has 1 heterocycles. The van der Waals surface area contributed by atoms with Gasteiger partial charge >= 0.3 is 5.97 Å². The summed E-state index contributed by atoms with van der Waals surface area (Å²) in [5.74, 6) is -0.0265. The minimum Gasteiger partial charge on any atom is -0.490 e. The van der Waals surface area contributed by atoms with Gasteiger partial charge in [0.1, 0.15) is 17.9 Å². The van der Waals surface area contributed by atoms with Crippen LogP contribution >= 0.6 is 11.6 Å². The van der Waals surface area contributed by atoms with Crippen LogP contribution in [0.15, 0.2) is 30.5 Å². The van der Waals surface area contributed by atoms with Gasteiger partial charge in [0.15, 0.2) is 0 Å². The van der Waals surface area contributed by atoms with Gasteiger partial charge in [-0.1, -0.05) is 11.6 Å². The van der Waals surface area contributed by atoms with E-state index in [1.807, 2.05) is 12.1 Å². The van der Waals surface area contributed by atoms with Crippen molar-refractivity contribution in [2.24, 2.45) is 5.92 Å². The van der Waals surface area contributed by atoms with Crippen LogP contribution in [0.4, 0.5) is 0 Å². The van der Waals surface area contributed by atoms with Crippen LogP contribution in [-0.2, 0) is 9.53 Å². The van der Waals surface area contributed by atoms with Gasteiger partial charge in [-0.25, -0.2) is 0 Å². The Labute approximate surface area is 116 Å². The Balaban J connectivity index is 2.22. The van der Waals surface area contributed by atoms with Gasteiger partial charge in [-0.3, -0.25) is 9.78 Å². The zero-order valence-corrected chi connectivity index (χ0v) is 11.5. The number of halogens is 1. The van der Waals surface area contributed by atoms with E-state index >= 15 is 0 Å². The van der Waals surface area contributed by atoms with Gasteiger partial charge in [0.2, 0.25) is 0 Å². The standard InChI is InChI=1S/C14H14ClNO3/c1-9(14(17)18-2)8-19-12-6-5-11(15)10-4-3-7-16-13(10)12/h3-7,9H,8H2,1-2H3. The smallest absolute Gasteiger partial charge is 0.311 e. The highest BCUT2D eigenvalue weighted by Crippen LogP contribution is 2.29. The van der Waals surface area contributed by atoms with E-state index in [1.165, 1.54) is 7.11 Å². The molecule has 1 unspecified atom stereocenters. The Morgan fingerprint density at radius 1 is 1.42 bits per heavy atom. The summed E-state index contributed by atoms with van der Waals surface area (Å²) in [5.41, 5.74) is 0.687. The first kappa shape index (κ1) is 13.6. The average Bonchev–Trinajstić information content (AvgIpc) is 2.45. The van der Waals surface area contributed by atoms with Gasteiger partial charge in [0, 0.05) is 11.6 Å². The quantitative estimate of drug-likeness (QED) is 0.807. The Morgan fingerprint density at radius 2 is 2.21 bits per heavy atom. The molecule has 0 aliphatic carbocycles. The lowest BCUT2D eigenvalue weighted by molar-refractivity contribution is -0.145. The van der Waals surface area contributed by atoms with Crippen LogP contribution in [0.25, 0.3) is 10.9 Å². The summed E-state index contributed by atoms with van der Waals surface area (Å²) in [4.78, 5) is 15.6. The molecular formula is C14H14ClNO3. The van der Waals surface area contributed by atoms with Crippen molar-refractivity contribution < 1.29 is 14.3 Å². The van der Waals surface area contributed by atoms with Crippen LogP contribution in [-0.4, -0.2) is 24.7 Å². The highest BCUT2D eigenvalue weighted by atomic mass is 35.5. The largest absolute Gasteiger partial charge is 0.490 e. The summed E-state index contributed by atoms with van der Waals surface area (Å²) in [5, 5.41) is 1.45. The molecule has 2 rings (SSSR count). The third-order valence-corrected chi connectivity index (χ3v) is 3.10. The summed E-state index contributed by atoms with van der Waals surface area (Å²) < 4.78 is 10.3. The Hall–Kier alpha value is -1.81. The first-order valence-corrected chi connectivity index (χ1v) is 6.25. The Morgan fingerprint density at radius 3 is 2.95 bits per heavy atom. The predicted molar refractivity (Wildman–Crippen MR) is 73.4 cm³/mol. The molecule has 0 N–H and O–H groups in total. The number of hydrogen-bond donors (Lipinski definition) is 0. The summed E-state index contributed by atoms with van der Waals surface area (Å²) in [6, 6.07) is 7.20. The second kappa shape index (κ2) is 5.89. The van der Waals surface area contributed by atoms with E-state index in [4.69, 9.17) is 16.3 Å². The first-order chi connectivity index (χ1) is 9.13. The van der Waals surface area contributed by atoms with Gasteiger partial charge in [-0.2, -0.15) is 0 Å². The minimum absolute atomic E-state index is 0.236. The van der Waals surface area contributed by atoms with Crippen molar-refractivity contribution in [1.82, 2.24) is 4.98 Å². The molecule has 0 radical (unpaired) electrons. The monoisotopic (exact) mass is 279 g/mol. The molecule has 0 bridgehead atoms. The van der Waals surface area contributed by atoms with Crippen LogP contribution in [0, 0.1) is 5.92 Å². The van der Waals surface area contributed by atoms with Gasteiger partial charge in [0.25, 0.3) is 0 Å². The number of benzene rings is 1. The normalized spacial score (nSPS) is 12.2. The lowest BCUT2D eigenvalue weighted by Gasteiger charge is -2.12. The molecule has 1 atom stereocenters. The molecule has 4 nitrogen and oxygen atoms in total. The van der Waals surface area contributed by atoms with Gasteiger partial charge in [-0.15, -0.1) is 0 Å². The molecule has 0 aliphatic rings. The summed E-state index contributed by atoms with van der Waals surface area (Å²) in [6.45, 7) is 1.98. The fraction of sp³-hybridized carbons (Fsp3) is 0.286. The summed E-state index contributed by atoms with van der Waals surface area (Å²) in [6.07, 6.45) is 1.68. The maximum Gasteiger partial charge on any atom is 0.311 e. The molecule has 0 saturated heterocycles. The third kappa shape index (κ3) is 2.96. The van der Waals surface area contributed by atoms with E-state index in [9.17, 15) is 4.79 Å². The molecule has 0 saturated carbocycles. The SMILES string of the molecule is COC(=O)C(C)COc1ccc(Cl)c2cccnc12. The summed E-state index contributed by atoms with van der Waals surface area (Å²) in [7, 11) is 1.36. The number of aromatic nitrogens is 1. The van der Waals surface area contributed by atoms with E-state index in [2.05, 4.69) is 9.72 Å². The first-order valence-electron chi connectivity index (χ1n) is 5.87. The van der Waals surface area contributed by atoms with Crippen LogP contribution in [0.3, 0.4) is 0 Å². The predicted octanol–water partition coefficient (Wildman–Crippen LogP) is 3.08. The molecule has 5 heteroatoms.